The summed E-state index contributed by atoms with van der Waals surface area (Å²) in [6.07, 6.45) is 0. The molecule has 30 heavy (non-hydrogen) atoms. The van der Waals surface area contributed by atoms with Gasteiger partial charge < -0.3 is 19.7 Å². The van der Waals surface area contributed by atoms with E-state index in [2.05, 4.69) is 22.5 Å². The van der Waals surface area contributed by atoms with E-state index in [1.165, 1.54) is 12.0 Å². The van der Waals surface area contributed by atoms with E-state index in [1.54, 1.807) is 43.5 Å². The Morgan fingerprint density at radius 1 is 1.03 bits per heavy atom. The van der Waals surface area contributed by atoms with Crippen molar-refractivity contribution in [3.63, 3.8) is 0 Å². The number of methoxy groups -OCH3 is 2. The van der Waals surface area contributed by atoms with Crippen LogP contribution < -0.4 is 20.1 Å². The molecular formula is C22H19N3O5. The Balaban J connectivity index is 1.63. The minimum absolute atomic E-state index is 0.0798. The highest BCUT2D eigenvalue weighted by Crippen LogP contribution is 2.28. The predicted molar refractivity (Wildman–Crippen MR) is 107 cm³/mol. The number of urea groups is 1. The summed E-state index contributed by atoms with van der Waals surface area (Å²) in [7, 11) is 3.09. The van der Waals surface area contributed by atoms with Crippen LogP contribution in [-0.2, 0) is 11.3 Å². The third-order valence-corrected chi connectivity index (χ3v) is 5.08. The minimum Gasteiger partial charge on any atom is -0.497 e. The number of benzene rings is 2. The van der Waals surface area contributed by atoms with Crippen molar-refractivity contribution in [1.82, 2.24) is 15.5 Å². The number of ether oxygens (including phenoxy) is 2. The molecule has 0 spiro atoms. The SMILES string of the molecule is COc1ccc(C#C[C@]2(CN3Cc4ccc(OC)cc4C3=O)NC(=O)NC2=O)cc1. The first-order chi connectivity index (χ1) is 14.4. The second-order valence-corrected chi connectivity index (χ2v) is 6.98. The van der Waals surface area contributed by atoms with Crippen LogP contribution in [0.25, 0.3) is 0 Å². The van der Waals surface area contributed by atoms with E-state index in [4.69, 9.17) is 9.47 Å². The van der Waals surface area contributed by atoms with Crippen LogP contribution in [0.3, 0.4) is 0 Å². The Bertz CT molecular complexity index is 1100. The van der Waals surface area contributed by atoms with Gasteiger partial charge in [-0.3, -0.25) is 14.9 Å². The number of fused-ring (bicyclic) bond motifs is 1. The summed E-state index contributed by atoms with van der Waals surface area (Å²) in [6.45, 7) is 0.233. The summed E-state index contributed by atoms with van der Waals surface area (Å²) in [5.74, 6) is 6.21. The van der Waals surface area contributed by atoms with Crippen molar-refractivity contribution in [3.8, 4) is 23.3 Å². The number of carbonyl (C=O) groups is 3. The molecule has 4 rings (SSSR count). The van der Waals surface area contributed by atoms with Gasteiger partial charge in [0.1, 0.15) is 11.5 Å². The van der Waals surface area contributed by atoms with Crippen LogP contribution >= 0.6 is 0 Å². The van der Waals surface area contributed by atoms with Crippen molar-refractivity contribution >= 4 is 17.8 Å². The van der Waals surface area contributed by atoms with Gasteiger partial charge in [-0.05, 0) is 42.0 Å². The number of nitrogens with zero attached hydrogens (tertiary/aromatic N) is 1. The molecule has 0 unspecified atom stereocenters. The molecule has 8 heteroatoms. The number of carbonyl (C=O) groups excluding carboxylic acids is 3. The maximum absolute atomic E-state index is 12.9. The Morgan fingerprint density at radius 2 is 1.73 bits per heavy atom. The van der Waals surface area contributed by atoms with Crippen molar-refractivity contribution in [2.45, 2.75) is 12.1 Å². The summed E-state index contributed by atoms with van der Waals surface area (Å²) in [4.78, 5) is 38.9. The molecule has 1 saturated heterocycles. The summed E-state index contributed by atoms with van der Waals surface area (Å²) >= 11 is 0. The first-order valence-electron chi connectivity index (χ1n) is 9.21. The van der Waals surface area contributed by atoms with Crippen LogP contribution in [0.5, 0.6) is 11.5 Å². The van der Waals surface area contributed by atoms with Crippen molar-refractivity contribution in [2.75, 3.05) is 20.8 Å². The van der Waals surface area contributed by atoms with Gasteiger partial charge in [0, 0.05) is 17.7 Å². The average molecular weight is 405 g/mol. The van der Waals surface area contributed by atoms with Gasteiger partial charge in [-0.2, -0.15) is 0 Å². The highest BCUT2D eigenvalue weighted by atomic mass is 16.5. The van der Waals surface area contributed by atoms with Crippen LogP contribution in [-0.4, -0.2) is 49.0 Å². The van der Waals surface area contributed by atoms with E-state index in [0.717, 1.165) is 5.56 Å². The van der Waals surface area contributed by atoms with Crippen LogP contribution in [0.15, 0.2) is 42.5 Å². The first kappa shape index (κ1) is 19.3. The molecule has 0 saturated carbocycles. The lowest BCUT2D eigenvalue weighted by atomic mass is 9.99. The van der Waals surface area contributed by atoms with Gasteiger partial charge in [0.05, 0.1) is 20.8 Å². The molecule has 2 aromatic carbocycles. The van der Waals surface area contributed by atoms with Crippen molar-refractivity contribution in [1.29, 1.82) is 0 Å². The highest BCUT2D eigenvalue weighted by molar-refractivity contribution is 6.10. The van der Waals surface area contributed by atoms with Gasteiger partial charge in [0.15, 0.2) is 0 Å². The van der Waals surface area contributed by atoms with Gasteiger partial charge >= 0.3 is 6.03 Å². The third-order valence-electron chi connectivity index (χ3n) is 5.08. The molecule has 152 valence electrons. The molecule has 2 aliphatic heterocycles. The molecule has 4 amide bonds. The molecule has 0 aromatic heterocycles. The normalized spacial score (nSPS) is 19.5. The first-order valence-corrected chi connectivity index (χ1v) is 9.21. The Kier molecular flexibility index (Phi) is 4.80. The topological polar surface area (TPSA) is 97.0 Å². The summed E-state index contributed by atoms with van der Waals surface area (Å²) in [5.41, 5.74) is 0.435. The molecule has 2 heterocycles. The molecule has 8 nitrogen and oxygen atoms in total. The highest BCUT2D eigenvalue weighted by Gasteiger charge is 2.48. The van der Waals surface area contributed by atoms with Gasteiger partial charge in [-0.25, -0.2) is 4.79 Å². The maximum Gasteiger partial charge on any atom is 0.323 e. The van der Waals surface area contributed by atoms with E-state index < -0.39 is 17.5 Å². The number of imide groups is 1. The predicted octanol–water partition coefficient (Wildman–Crippen LogP) is 1.29. The molecule has 1 fully saturated rings. The number of rotatable bonds is 4. The lowest BCUT2D eigenvalue weighted by molar-refractivity contribution is -0.122. The monoisotopic (exact) mass is 405 g/mol. The molecule has 2 aliphatic rings. The van der Waals surface area contributed by atoms with Gasteiger partial charge in [0.25, 0.3) is 11.8 Å². The number of hydrogen-bond donors (Lipinski definition) is 2. The largest absolute Gasteiger partial charge is 0.497 e. The molecule has 0 aliphatic carbocycles. The Hall–Kier alpha value is -3.99. The molecule has 0 radical (unpaired) electrons. The second-order valence-electron chi connectivity index (χ2n) is 6.98. The van der Waals surface area contributed by atoms with Gasteiger partial charge in [-0.15, -0.1) is 0 Å². The van der Waals surface area contributed by atoms with E-state index in [0.29, 0.717) is 29.2 Å². The van der Waals surface area contributed by atoms with E-state index in [-0.39, 0.29) is 12.5 Å². The van der Waals surface area contributed by atoms with Crippen molar-refractivity contribution < 1.29 is 23.9 Å². The third kappa shape index (κ3) is 3.42. The smallest absolute Gasteiger partial charge is 0.323 e. The van der Waals surface area contributed by atoms with Crippen LogP contribution in [0.4, 0.5) is 4.79 Å². The molecular weight excluding hydrogens is 386 g/mol. The average Bonchev–Trinajstić information content (AvgIpc) is 3.21. The van der Waals surface area contributed by atoms with E-state index in [1.807, 2.05) is 6.07 Å². The lowest BCUT2D eigenvalue weighted by Crippen LogP contribution is -2.54. The number of nitrogens with one attached hydrogen (secondary N) is 2. The Morgan fingerprint density at radius 3 is 2.37 bits per heavy atom. The lowest BCUT2D eigenvalue weighted by Gasteiger charge is -2.26. The fourth-order valence-electron chi connectivity index (χ4n) is 3.46. The molecule has 1 atom stereocenters. The van der Waals surface area contributed by atoms with Gasteiger partial charge in [0.2, 0.25) is 5.54 Å². The van der Waals surface area contributed by atoms with Gasteiger partial charge in [-0.1, -0.05) is 17.9 Å². The Labute approximate surface area is 173 Å². The van der Waals surface area contributed by atoms with Crippen molar-refractivity contribution in [3.05, 3.63) is 59.2 Å². The number of hydrogen-bond acceptors (Lipinski definition) is 5. The van der Waals surface area contributed by atoms with E-state index >= 15 is 0 Å². The fourth-order valence-corrected chi connectivity index (χ4v) is 3.46. The zero-order valence-electron chi connectivity index (χ0n) is 16.4. The quantitative estimate of drug-likeness (QED) is 0.590. The van der Waals surface area contributed by atoms with Crippen LogP contribution in [0.1, 0.15) is 21.5 Å². The summed E-state index contributed by atoms with van der Waals surface area (Å²) in [5, 5.41) is 4.81. The summed E-state index contributed by atoms with van der Waals surface area (Å²) in [6, 6.07) is 11.6. The second kappa shape index (κ2) is 7.44. The molecule has 2 N–H and O–H groups in total. The molecule has 2 aromatic rings. The number of amides is 4. The van der Waals surface area contributed by atoms with Crippen LogP contribution in [0, 0.1) is 11.8 Å². The van der Waals surface area contributed by atoms with Crippen LogP contribution in [0.2, 0.25) is 0 Å². The molecule has 0 bridgehead atoms. The zero-order chi connectivity index (χ0) is 21.3. The maximum atomic E-state index is 12.9. The fraction of sp³-hybridized carbons (Fsp3) is 0.227. The zero-order valence-corrected chi connectivity index (χ0v) is 16.4. The minimum atomic E-state index is -1.54. The standard InChI is InChI=1S/C22H19N3O5/c1-29-16-6-3-14(4-7-16)9-10-22(20(27)23-21(28)24-22)13-25-12-15-5-8-17(30-2)11-18(15)19(25)26/h3-8,11H,12-13H2,1-2H3,(H2,23,24,27,28)/t22-/m1/s1. The van der Waals surface area contributed by atoms with E-state index in [9.17, 15) is 14.4 Å². The summed E-state index contributed by atoms with van der Waals surface area (Å²) < 4.78 is 10.3. The van der Waals surface area contributed by atoms with Crippen molar-refractivity contribution in [2.24, 2.45) is 0 Å².